The van der Waals surface area contributed by atoms with Crippen molar-refractivity contribution < 1.29 is 22.7 Å². The third-order valence-electron chi connectivity index (χ3n) is 4.73. The van der Waals surface area contributed by atoms with Crippen LogP contribution in [0.15, 0.2) is 47.4 Å². The summed E-state index contributed by atoms with van der Waals surface area (Å²) < 4.78 is 38.0. The molecule has 0 spiro atoms. The number of amides is 1. The van der Waals surface area contributed by atoms with E-state index in [9.17, 15) is 13.2 Å². The zero-order valence-corrected chi connectivity index (χ0v) is 16.5. The topological polar surface area (TPSA) is 84.9 Å². The number of rotatable bonds is 4. The molecule has 7 nitrogen and oxygen atoms in total. The quantitative estimate of drug-likeness (QED) is 0.817. The number of ether oxygens (including phenoxy) is 2. The fraction of sp³-hybridized carbons (Fsp3) is 0.316. The van der Waals surface area contributed by atoms with E-state index in [0.717, 1.165) is 5.56 Å². The molecule has 0 saturated carbocycles. The Bertz CT molecular complexity index is 980. The van der Waals surface area contributed by atoms with Gasteiger partial charge in [0.1, 0.15) is 10.6 Å². The molecule has 28 heavy (non-hydrogen) atoms. The summed E-state index contributed by atoms with van der Waals surface area (Å²) in [6.45, 7) is 1.21. The van der Waals surface area contributed by atoms with Crippen LogP contribution in [-0.2, 0) is 26.0 Å². The first kappa shape index (κ1) is 19.2. The van der Waals surface area contributed by atoms with Crippen LogP contribution in [0.2, 0.25) is 5.02 Å². The molecule has 4 rings (SSSR count). The van der Waals surface area contributed by atoms with Gasteiger partial charge in [-0.3, -0.25) is 4.79 Å². The molecule has 1 N–H and O–H groups in total. The molecule has 1 amide bonds. The average molecular weight is 423 g/mol. The maximum Gasteiger partial charge on any atom is 0.265 e. The predicted molar refractivity (Wildman–Crippen MR) is 104 cm³/mol. The molecular formula is C19H19ClN2O5S. The number of hydrogen-bond acceptors (Lipinski definition) is 5. The summed E-state index contributed by atoms with van der Waals surface area (Å²) >= 11 is 6.15. The minimum atomic E-state index is -3.77. The lowest BCUT2D eigenvalue weighted by Gasteiger charge is -2.26. The largest absolute Gasteiger partial charge is 0.480 e. The molecule has 2 heterocycles. The van der Waals surface area contributed by atoms with E-state index in [2.05, 4.69) is 5.32 Å². The highest BCUT2D eigenvalue weighted by Gasteiger charge is 2.31. The third kappa shape index (κ3) is 3.73. The Morgan fingerprint density at radius 1 is 1.14 bits per heavy atom. The second kappa shape index (κ2) is 7.71. The van der Waals surface area contributed by atoms with Crippen molar-refractivity contribution in [2.45, 2.75) is 17.4 Å². The zero-order chi connectivity index (χ0) is 19.7. The summed E-state index contributed by atoms with van der Waals surface area (Å²) in [4.78, 5) is 12.5. The van der Waals surface area contributed by atoms with E-state index >= 15 is 0 Å². The van der Waals surface area contributed by atoms with Crippen LogP contribution >= 0.6 is 11.6 Å². The first-order valence-corrected chi connectivity index (χ1v) is 10.7. The minimum Gasteiger partial charge on any atom is -0.480 e. The number of benzene rings is 2. The fourth-order valence-electron chi connectivity index (χ4n) is 3.26. The normalized spacial score (nSPS) is 19.7. The highest BCUT2D eigenvalue weighted by Crippen LogP contribution is 2.30. The van der Waals surface area contributed by atoms with Gasteiger partial charge in [0, 0.05) is 25.2 Å². The molecule has 0 aliphatic carbocycles. The number of para-hydroxylation sites is 1. The van der Waals surface area contributed by atoms with Crippen molar-refractivity contribution in [2.75, 3.05) is 31.6 Å². The molecule has 0 bridgehead atoms. The summed E-state index contributed by atoms with van der Waals surface area (Å²) in [6.07, 6.45) is -0.193. The molecule has 1 saturated heterocycles. The Labute approximate surface area is 168 Å². The Hall–Kier alpha value is -2.13. The molecule has 1 atom stereocenters. The molecule has 0 aromatic heterocycles. The SMILES string of the molecule is O=C(Nc1ccc(Cl)c(S(=O)(=O)N2CCOCC2)c1)C1Cc2ccccc2O1. The summed E-state index contributed by atoms with van der Waals surface area (Å²) in [5.41, 5.74) is 1.31. The maximum atomic E-state index is 12.9. The van der Waals surface area contributed by atoms with Crippen LogP contribution in [0.4, 0.5) is 5.69 Å². The van der Waals surface area contributed by atoms with Crippen molar-refractivity contribution in [3.63, 3.8) is 0 Å². The number of sulfonamides is 1. The fourth-order valence-corrected chi connectivity index (χ4v) is 5.16. The molecular weight excluding hydrogens is 404 g/mol. The van der Waals surface area contributed by atoms with E-state index in [0.29, 0.717) is 31.1 Å². The van der Waals surface area contributed by atoms with Crippen LogP contribution in [0.25, 0.3) is 0 Å². The van der Waals surface area contributed by atoms with E-state index in [1.54, 1.807) is 6.07 Å². The van der Waals surface area contributed by atoms with Gasteiger partial charge in [-0.25, -0.2) is 8.42 Å². The first-order chi connectivity index (χ1) is 13.4. The number of fused-ring (bicyclic) bond motifs is 1. The Kier molecular flexibility index (Phi) is 5.29. The Morgan fingerprint density at radius 3 is 2.64 bits per heavy atom. The lowest BCUT2D eigenvalue weighted by Crippen LogP contribution is -2.40. The second-order valence-corrected chi connectivity index (χ2v) is 8.88. The van der Waals surface area contributed by atoms with Gasteiger partial charge in [0.05, 0.1) is 18.2 Å². The Balaban J connectivity index is 1.52. The van der Waals surface area contributed by atoms with E-state index in [1.165, 1.54) is 16.4 Å². The van der Waals surface area contributed by atoms with Gasteiger partial charge in [0.2, 0.25) is 10.0 Å². The number of morpholine rings is 1. The van der Waals surface area contributed by atoms with Gasteiger partial charge >= 0.3 is 0 Å². The van der Waals surface area contributed by atoms with Gasteiger partial charge < -0.3 is 14.8 Å². The second-order valence-electron chi connectivity index (χ2n) is 6.57. The lowest BCUT2D eigenvalue weighted by atomic mass is 10.1. The molecule has 0 radical (unpaired) electrons. The third-order valence-corrected chi connectivity index (χ3v) is 7.11. The molecule has 2 aromatic carbocycles. The number of halogens is 1. The van der Waals surface area contributed by atoms with Gasteiger partial charge in [-0.1, -0.05) is 29.8 Å². The van der Waals surface area contributed by atoms with Gasteiger partial charge in [-0.05, 0) is 29.8 Å². The zero-order valence-electron chi connectivity index (χ0n) is 14.9. The summed E-state index contributed by atoms with van der Waals surface area (Å²) in [5.74, 6) is 0.350. The van der Waals surface area contributed by atoms with Crippen LogP contribution in [0.3, 0.4) is 0 Å². The summed E-state index contributed by atoms with van der Waals surface area (Å²) in [7, 11) is -3.77. The molecule has 2 aliphatic rings. The molecule has 148 valence electrons. The molecule has 2 aromatic rings. The Morgan fingerprint density at radius 2 is 1.89 bits per heavy atom. The van der Waals surface area contributed by atoms with Crippen molar-refractivity contribution >= 4 is 33.2 Å². The number of nitrogens with one attached hydrogen (secondary N) is 1. The number of carbonyl (C=O) groups is 1. The van der Waals surface area contributed by atoms with Crippen LogP contribution < -0.4 is 10.1 Å². The van der Waals surface area contributed by atoms with E-state index in [1.807, 2.05) is 24.3 Å². The predicted octanol–water partition coefficient (Wildman–Crippen LogP) is 2.30. The van der Waals surface area contributed by atoms with Gasteiger partial charge in [0.25, 0.3) is 5.91 Å². The van der Waals surface area contributed by atoms with E-state index in [4.69, 9.17) is 21.1 Å². The smallest absolute Gasteiger partial charge is 0.265 e. The number of nitrogens with zero attached hydrogens (tertiary/aromatic N) is 1. The minimum absolute atomic E-state index is 0.0375. The highest BCUT2D eigenvalue weighted by atomic mass is 35.5. The van der Waals surface area contributed by atoms with Crippen molar-refractivity contribution in [1.29, 1.82) is 0 Å². The molecule has 9 heteroatoms. The monoisotopic (exact) mass is 422 g/mol. The standard InChI is InChI=1S/C19H19ClN2O5S/c20-15-6-5-14(12-18(15)28(24,25)22-7-9-26-10-8-22)21-19(23)17-11-13-3-1-2-4-16(13)27-17/h1-6,12,17H,7-11H2,(H,21,23). The van der Waals surface area contributed by atoms with E-state index in [-0.39, 0.29) is 28.9 Å². The summed E-state index contributed by atoms with van der Waals surface area (Å²) in [6, 6.07) is 11.9. The van der Waals surface area contributed by atoms with Gasteiger partial charge in [-0.15, -0.1) is 0 Å². The number of hydrogen-bond donors (Lipinski definition) is 1. The van der Waals surface area contributed by atoms with E-state index < -0.39 is 16.1 Å². The number of anilines is 1. The van der Waals surface area contributed by atoms with Crippen molar-refractivity contribution in [1.82, 2.24) is 4.31 Å². The van der Waals surface area contributed by atoms with Crippen LogP contribution in [0.1, 0.15) is 5.56 Å². The van der Waals surface area contributed by atoms with Crippen LogP contribution in [0, 0.1) is 0 Å². The number of carbonyl (C=O) groups excluding carboxylic acids is 1. The average Bonchev–Trinajstić information content (AvgIpc) is 3.14. The first-order valence-electron chi connectivity index (χ1n) is 8.88. The highest BCUT2D eigenvalue weighted by molar-refractivity contribution is 7.89. The van der Waals surface area contributed by atoms with Crippen LogP contribution in [-0.4, -0.2) is 51.0 Å². The van der Waals surface area contributed by atoms with Crippen molar-refractivity contribution in [2.24, 2.45) is 0 Å². The molecule has 1 fully saturated rings. The molecule has 1 unspecified atom stereocenters. The van der Waals surface area contributed by atoms with Gasteiger partial charge in [0.15, 0.2) is 6.10 Å². The van der Waals surface area contributed by atoms with Gasteiger partial charge in [-0.2, -0.15) is 4.31 Å². The van der Waals surface area contributed by atoms with Crippen LogP contribution in [0.5, 0.6) is 5.75 Å². The van der Waals surface area contributed by atoms with Crippen molar-refractivity contribution in [3.8, 4) is 5.75 Å². The van der Waals surface area contributed by atoms with Crippen molar-refractivity contribution in [3.05, 3.63) is 53.1 Å². The lowest BCUT2D eigenvalue weighted by molar-refractivity contribution is -0.122. The summed E-state index contributed by atoms with van der Waals surface area (Å²) in [5, 5.41) is 2.84. The maximum absolute atomic E-state index is 12.9. The molecule has 2 aliphatic heterocycles.